The molecule has 166 valence electrons. The molecule has 5 nitrogen and oxygen atoms in total. The summed E-state index contributed by atoms with van der Waals surface area (Å²) in [5.41, 5.74) is 1.17. The maximum Gasteiger partial charge on any atom is 0.242 e. The molecule has 1 heterocycles. The number of halogens is 2. The highest BCUT2D eigenvalue weighted by atomic mass is 35.5. The van der Waals surface area contributed by atoms with E-state index >= 15 is 0 Å². The Labute approximate surface area is 193 Å². The summed E-state index contributed by atoms with van der Waals surface area (Å²) in [4.78, 5) is 15.0. The minimum absolute atomic E-state index is 0.0459. The summed E-state index contributed by atoms with van der Waals surface area (Å²) in [6.07, 6.45) is 1.56. The van der Waals surface area contributed by atoms with Gasteiger partial charge in [-0.15, -0.1) is 0 Å². The zero-order chi connectivity index (χ0) is 22.9. The average molecular weight is 481 g/mol. The minimum Gasteiger partial charge on any atom is -0.337 e. The zero-order valence-corrected chi connectivity index (χ0v) is 20.3. The van der Waals surface area contributed by atoms with Crippen molar-refractivity contribution in [2.45, 2.75) is 57.0 Å². The SMILES string of the molecule is CC(C)N(C(=O)Cn1cc(S(=O)(=O)Cc2ccc(Cl)cc2Cl)c2ccccc21)C(C)C. The molecule has 8 heteroatoms. The summed E-state index contributed by atoms with van der Waals surface area (Å²) in [6.45, 7) is 7.94. The van der Waals surface area contributed by atoms with E-state index in [9.17, 15) is 13.2 Å². The van der Waals surface area contributed by atoms with Crippen molar-refractivity contribution in [1.29, 1.82) is 0 Å². The van der Waals surface area contributed by atoms with Gasteiger partial charge in [0.1, 0.15) is 6.54 Å². The van der Waals surface area contributed by atoms with Crippen LogP contribution in [0.1, 0.15) is 33.3 Å². The standard InChI is InChI=1S/C23H26Cl2N2O3S/c1-15(2)27(16(3)4)23(28)13-26-12-22(19-7-5-6-8-21(19)26)31(29,30)14-17-9-10-18(24)11-20(17)25/h5-12,15-16H,13-14H2,1-4H3. The second-order valence-electron chi connectivity index (χ2n) is 8.12. The lowest BCUT2D eigenvalue weighted by molar-refractivity contribution is -0.135. The Morgan fingerprint density at radius 1 is 1.03 bits per heavy atom. The summed E-state index contributed by atoms with van der Waals surface area (Å²) in [5.74, 6) is -0.315. The molecule has 0 unspecified atom stereocenters. The van der Waals surface area contributed by atoms with Crippen LogP contribution in [-0.2, 0) is 26.9 Å². The van der Waals surface area contributed by atoms with Gasteiger partial charge in [0.05, 0.1) is 10.6 Å². The topological polar surface area (TPSA) is 59.4 Å². The number of nitrogens with zero attached hydrogens (tertiary/aromatic N) is 2. The fraction of sp³-hybridized carbons (Fsp3) is 0.348. The molecule has 2 aromatic carbocycles. The van der Waals surface area contributed by atoms with Crippen molar-refractivity contribution in [2.75, 3.05) is 0 Å². The Balaban J connectivity index is 2.02. The van der Waals surface area contributed by atoms with Gasteiger partial charge in [-0.3, -0.25) is 4.79 Å². The van der Waals surface area contributed by atoms with Crippen LogP contribution in [0.4, 0.5) is 0 Å². The van der Waals surface area contributed by atoms with E-state index in [1.807, 2.05) is 39.8 Å². The first-order chi connectivity index (χ1) is 14.5. The normalized spacial score (nSPS) is 12.1. The molecule has 31 heavy (non-hydrogen) atoms. The third kappa shape index (κ3) is 5.08. The molecule has 0 saturated heterocycles. The van der Waals surface area contributed by atoms with E-state index in [0.717, 1.165) is 0 Å². The number of fused-ring (bicyclic) bond motifs is 1. The number of hydrogen-bond donors (Lipinski definition) is 0. The number of para-hydroxylation sites is 1. The molecule has 0 fully saturated rings. The van der Waals surface area contributed by atoms with Crippen LogP contribution in [0.2, 0.25) is 10.0 Å². The Bertz CT molecular complexity index is 1210. The van der Waals surface area contributed by atoms with Crippen molar-refractivity contribution < 1.29 is 13.2 Å². The number of carbonyl (C=O) groups excluding carboxylic acids is 1. The first-order valence-electron chi connectivity index (χ1n) is 10.1. The number of rotatable bonds is 7. The van der Waals surface area contributed by atoms with Gasteiger partial charge in [0.15, 0.2) is 9.84 Å². The van der Waals surface area contributed by atoms with Gasteiger partial charge in [0, 0.05) is 39.2 Å². The second kappa shape index (κ2) is 9.23. The lowest BCUT2D eigenvalue weighted by atomic mass is 10.2. The average Bonchev–Trinajstić information content (AvgIpc) is 3.03. The lowest BCUT2D eigenvalue weighted by Gasteiger charge is -2.31. The molecule has 0 N–H and O–H groups in total. The fourth-order valence-corrected chi connectivity index (χ4v) is 6.08. The third-order valence-corrected chi connectivity index (χ3v) is 7.43. The Hall–Kier alpha value is -2.02. The van der Waals surface area contributed by atoms with Crippen LogP contribution in [0.25, 0.3) is 10.9 Å². The van der Waals surface area contributed by atoms with Crippen LogP contribution in [0.5, 0.6) is 0 Å². The molecule has 0 aliphatic carbocycles. The first-order valence-corrected chi connectivity index (χ1v) is 12.5. The number of carbonyl (C=O) groups is 1. The first kappa shape index (κ1) is 23.6. The quantitative estimate of drug-likeness (QED) is 0.444. The van der Waals surface area contributed by atoms with Crippen LogP contribution < -0.4 is 0 Å². The van der Waals surface area contributed by atoms with E-state index in [4.69, 9.17) is 23.2 Å². The van der Waals surface area contributed by atoms with Crippen molar-refractivity contribution in [2.24, 2.45) is 0 Å². The van der Waals surface area contributed by atoms with Crippen molar-refractivity contribution in [1.82, 2.24) is 9.47 Å². The third-order valence-electron chi connectivity index (χ3n) is 5.15. The summed E-state index contributed by atoms with van der Waals surface area (Å²) < 4.78 is 28.3. The van der Waals surface area contributed by atoms with Crippen LogP contribution in [0, 0.1) is 0 Å². The molecule has 3 aromatic rings. The molecule has 0 radical (unpaired) electrons. The number of aromatic nitrogens is 1. The highest BCUT2D eigenvalue weighted by Gasteiger charge is 2.25. The van der Waals surface area contributed by atoms with E-state index < -0.39 is 9.84 Å². The van der Waals surface area contributed by atoms with Gasteiger partial charge < -0.3 is 9.47 Å². The zero-order valence-electron chi connectivity index (χ0n) is 18.0. The molecular formula is C23H26Cl2N2O3S. The van der Waals surface area contributed by atoms with E-state index in [2.05, 4.69) is 0 Å². The smallest absolute Gasteiger partial charge is 0.242 e. The van der Waals surface area contributed by atoms with Crippen molar-refractivity contribution in [3.05, 3.63) is 64.3 Å². The maximum absolute atomic E-state index is 13.3. The van der Waals surface area contributed by atoms with E-state index in [-0.39, 0.29) is 35.2 Å². The Kier molecular flexibility index (Phi) is 7.04. The summed E-state index contributed by atoms with van der Waals surface area (Å²) in [6, 6.07) is 12.1. The van der Waals surface area contributed by atoms with Crippen molar-refractivity contribution in [3.63, 3.8) is 0 Å². The monoisotopic (exact) mass is 480 g/mol. The highest BCUT2D eigenvalue weighted by Crippen LogP contribution is 2.30. The minimum atomic E-state index is -3.72. The number of hydrogen-bond acceptors (Lipinski definition) is 3. The molecule has 0 atom stereocenters. The van der Waals surface area contributed by atoms with E-state index in [1.54, 1.807) is 39.9 Å². The van der Waals surface area contributed by atoms with Gasteiger partial charge in [-0.25, -0.2) is 8.42 Å². The van der Waals surface area contributed by atoms with Gasteiger partial charge in [0.25, 0.3) is 0 Å². The molecule has 1 amide bonds. The highest BCUT2D eigenvalue weighted by molar-refractivity contribution is 7.90. The van der Waals surface area contributed by atoms with Gasteiger partial charge in [0.2, 0.25) is 5.91 Å². The molecule has 3 rings (SSSR count). The molecule has 0 aliphatic heterocycles. The van der Waals surface area contributed by atoms with E-state index in [0.29, 0.717) is 26.5 Å². The number of amides is 1. The van der Waals surface area contributed by atoms with Gasteiger partial charge >= 0.3 is 0 Å². The van der Waals surface area contributed by atoms with Crippen molar-refractivity contribution >= 4 is 49.8 Å². The van der Waals surface area contributed by atoms with Crippen LogP contribution in [0.3, 0.4) is 0 Å². The molecular weight excluding hydrogens is 455 g/mol. The Morgan fingerprint density at radius 2 is 1.68 bits per heavy atom. The molecule has 1 aromatic heterocycles. The largest absolute Gasteiger partial charge is 0.337 e. The van der Waals surface area contributed by atoms with Crippen LogP contribution in [0.15, 0.2) is 53.6 Å². The molecule has 0 saturated carbocycles. The second-order valence-corrected chi connectivity index (χ2v) is 10.9. The number of sulfone groups is 1. The summed E-state index contributed by atoms with van der Waals surface area (Å²) in [5, 5.41) is 1.33. The number of benzene rings is 2. The van der Waals surface area contributed by atoms with Gasteiger partial charge in [-0.2, -0.15) is 0 Å². The van der Waals surface area contributed by atoms with Gasteiger partial charge in [-0.1, -0.05) is 47.5 Å². The molecule has 0 bridgehead atoms. The van der Waals surface area contributed by atoms with Gasteiger partial charge in [-0.05, 0) is 51.5 Å². The van der Waals surface area contributed by atoms with Crippen LogP contribution >= 0.6 is 23.2 Å². The predicted octanol–water partition coefficient (Wildman–Crippen LogP) is 5.57. The lowest BCUT2D eigenvalue weighted by Crippen LogP contribution is -2.43. The summed E-state index contributed by atoms with van der Waals surface area (Å²) in [7, 11) is -3.72. The predicted molar refractivity (Wildman–Crippen MR) is 126 cm³/mol. The van der Waals surface area contributed by atoms with Crippen LogP contribution in [-0.4, -0.2) is 35.9 Å². The van der Waals surface area contributed by atoms with Crippen molar-refractivity contribution in [3.8, 4) is 0 Å². The molecule has 0 aliphatic rings. The summed E-state index contributed by atoms with van der Waals surface area (Å²) >= 11 is 12.1. The Morgan fingerprint density at radius 3 is 2.29 bits per heavy atom. The fourth-order valence-electron chi connectivity index (χ4n) is 3.91. The molecule has 0 spiro atoms. The maximum atomic E-state index is 13.3. The van der Waals surface area contributed by atoms with E-state index in [1.165, 1.54) is 6.07 Å².